The molecule has 146 valence electrons. The fraction of sp³-hybridized carbons (Fsp3) is 0.167. The van der Waals surface area contributed by atoms with Crippen molar-refractivity contribution in [2.45, 2.75) is 19.8 Å². The van der Waals surface area contributed by atoms with E-state index in [4.69, 9.17) is 3.07 Å². The SMILES string of the molecule is CCCCN=C(NC#N)[O][Sn]([c]1ccccc1)([c]1ccccc1)[c]1ccccc1. The summed E-state index contributed by atoms with van der Waals surface area (Å²) in [5.41, 5.74) is 0. The van der Waals surface area contributed by atoms with Gasteiger partial charge in [0.2, 0.25) is 0 Å². The predicted octanol–water partition coefficient (Wildman–Crippen LogP) is 2.90. The summed E-state index contributed by atoms with van der Waals surface area (Å²) in [6.07, 6.45) is 3.98. The van der Waals surface area contributed by atoms with Gasteiger partial charge in [0, 0.05) is 0 Å². The van der Waals surface area contributed by atoms with Gasteiger partial charge in [-0.1, -0.05) is 0 Å². The van der Waals surface area contributed by atoms with Gasteiger partial charge in [-0.3, -0.25) is 0 Å². The van der Waals surface area contributed by atoms with Gasteiger partial charge in [0.25, 0.3) is 0 Å². The fourth-order valence-electron chi connectivity index (χ4n) is 3.32. The maximum atomic E-state index is 9.30. The van der Waals surface area contributed by atoms with E-state index in [1.165, 1.54) is 10.7 Å². The molecule has 0 bridgehead atoms. The second-order valence-corrected chi connectivity index (χ2v) is 16.1. The number of hydrogen-bond donors (Lipinski definition) is 1. The third kappa shape index (κ3) is 4.99. The monoisotopic (exact) mass is 491 g/mol. The number of nitriles is 1. The first-order valence-electron chi connectivity index (χ1n) is 9.86. The molecule has 0 heterocycles. The second-order valence-electron chi connectivity index (χ2n) is 6.66. The Labute approximate surface area is 177 Å². The van der Waals surface area contributed by atoms with Gasteiger partial charge < -0.3 is 0 Å². The van der Waals surface area contributed by atoms with Gasteiger partial charge in [0.15, 0.2) is 0 Å². The number of aliphatic imine (C=N–C) groups is 1. The van der Waals surface area contributed by atoms with E-state index in [2.05, 4.69) is 53.6 Å². The average Bonchev–Trinajstić information content (AvgIpc) is 2.79. The van der Waals surface area contributed by atoms with Crippen LogP contribution >= 0.6 is 0 Å². The fourth-order valence-corrected chi connectivity index (χ4v) is 14.0. The summed E-state index contributed by atoms with van der Waals surface area (Å²) in [5, 5.41) is 12.0. The Balaban J connectivity index is 2.22. The Morgan fingerprint density at radius 3 is 1.69 bits per heavy atom. The van der Waals surface area contributed by atoms with E-state index in [9.17, 15) is 5.26 Å². The Bertz CT molecular complexity index is 857. The summed E-state index contributed by atoms with van der Waals surface area (Å²) in [7, 11) is 0. The van der Waals surface area contributed by atoms with Crippen molar-refractivity contribution in [2.24, 2.45) is 4.99 Å². The van der Waals surface area contributed by atoms with Crippen molar-refractivity contribution < 1.29 is 3.07 Å². The number of nitrogens with one attached hydrogen (secondary N) is 1. The standard InChI is InChI=1S/C6H11N3O.3C6H5.Sn/c1-2-3-4-8-6(10)9-5-7;3*1-2-4-6-5-3-1;/h2-4H2,1H3,(H2,8,9,10);3*1-5H;/q;;;;+1/p-1. The molecule has 0 radical (unpaired) electrons. The van der Waals surface area contributed by atoms with Gasteiger partial charge in [-0.05, 0) is 0 Å². The quantitative estimate of drug-likeness (QED) is 0.139. The molecule has 0 aliphatic carbocycles. The van der Waals surface area contributed by atoms with Gasteiger partial charge in [0.05, 0.1) is 0 Å². The molecule has 0 saturated carbocycles. The molecule has 3 aromatic carbocycles. The molecule has 0 saturated heterocycles. The van der Waals surface area contributed by atoms with E-state index in [0.717, 1.165) is 12.8 Å². The molecule has 3 aromatic rings. The number of nitrogens with zero attached hydrogens (tertiary/aromatic N) is 2. The van der Waals surface area contributed by atoms with Crippen molar-refractivity contribution in [3.63, 3.8) is 0 Å². The van der Waals surface area contributed by atoms with E-state index in [1.807, 2.05) is 60.8 Å². The molecule has 0 fully saturated rings. The van der Waals surface area contributed by atoms with Crippen LogP contribution in [0.2, 0.25) is 0 Å². The van der Waals surface area contributed by atoms with Crippen LogP contribution in [-0.4, -0.2) is 31.4 Å². The molecule has 0 aromatic heterocycles. The van der Waals surface area contributed by atoms with Crippen LogP contribution in [0.25, 0.3) is 0 Å². The van der Waals surface area contributed by atoms with Gasteiger partial charge in [-0.2, -0.15) is 0 Å². The molecule has 4 nitrogen and oxygen atoms in total. The number of rotatable bonds is 7. The van der Waals surface area contributed by atoms with Gasteiger partial charge >= 0.3 is 178 Å². The molecular weight excluding hydrogens is 465 g/mol. The molecule has 0 spiro atoms. The van der Waals surface area contributed by atoms with Crippen LogP contribution < -0.4 is 16.1 Å². The zero-order valence-corrected chi connectivity index (χ0v) is 19.4. The molecule has 1 N–H and O–H groups in total. The second kappa shape index (κ2) is 10.7. The summed E-state index contributed by atoms with van der Waals surface area (Å²) >= 11 is -3.94. The third-order valence-electron chi connectivity index (χ3n) is 4.72. The van der Waals surface area contributed by atoms with E-state index >= 15 is 0 Å². The molecule has 0 unspecified atom stereocenters. The first-order chi connectivity index (χ1) is 14.3. The number of benzene rings is 3. The van der Waals surface area contributed by atoms with Crippen molar-refractivity contribution in [3.05, 3.63) is 91.0 Å². The van der Waals surface area contributed by atoms with Gasteiger partial charge in [-0.15, -0.1) is 0 Å². The predicted molar refractivity (Wildman–Crippen MR) is 121 cm³/mol. The number of amidine groups is 1. The van der Waals surface area contributed by atoms with E-state index in [-0.39, 0.29) is 0 Å². The summed E-state index contributed by atoms with van der Waals surface area (Å²) in [6, 6.07) is 31.4. The van der Waals surface area contributed by atoms with E-state index in [1.54, 1.807) is 0 Å². The summed E-state index contributed by atoms with van der Waals surface area (Å²) in [5.74, 6) is 0. The van der Waals surface area contributed by atoms with Crippen molar-refractivity contribution in [3.8, 4) is 6.19 Å². The van der Waals surface area contributed by atoms with Crippen LogP contribution in [-0.2, 0) is 3.07 Å². The minimum absolute atomic E-state index is 0.313. The van der Waals surface area contributed by atoms with Crippen LogP contribution in [0, 0.1) is 11.5 Å². The first kappa shape index (κ1) is 20.9. The van der Waals surface area contributed by atoms with Crippen molar-refractivity contribution in [2.75, 3.05) is 6.54 Å². The molecule has 0 aliphatic rings. The minimum atomic E-state index is -3.94. The third-order valence-corrected chi connectivity index (χ3v) is 16.0. The Hall–Kier alpha value is -2.78. The van der Waals surface area contributed by atoms with Gasteiger partial charge in [0.1, 0.15) is 0 Å². The molecule has 5 heteroatoms. The molecule has 0 aliphatic heterocycles. The van der Waals surface area contributed by atoms with Crippen LogP contribution in [0.15, 0.2) is 96.0 Å². The Kier molecular flexibility index (Phi) is 7.71. The summed E-state index contributed by atoms with van der Waals surface area (Å²) in [6.45, 7) is 2.75. The molecule has 0 amide bonds. The topological polar surface area (TPSA) is 57.4 Å². The Morgan fingerprint density at radius 1 is 0.862 bits per heavy atom. The molecule has 0 atom stereocenters. The van der Waals surface area contributed by atoms with Crippen LogP contribution in [0.5, 0.6) is 0 Å². The summed E-state index contributed by atoms with van der Waals surface area (Å²) < 4.78 is 10.3. The first-order valence-corrected chi connectivity index (χ1v) is 15.3. The normalized spacial score (nSPS) is 11.5. The van der Waals surface area contributed by atoms with Crippen LogP contribution in [0.4, 0.5) is 0 Å². The van der Waals surface area contributed by atoms with Gasteiger partial charge in [-0.25, -0.2) is 0 Å². The number of unbranched alkanes of at least 4 members (excludes halogenated alkanes) is 1. The van der Waals surface area contributed by atoms with Crippen LogP contribution in [0.1, 0.15) is 19.8 Å². The van der Waals surface area contributed by atoms with Crippen molar-refractivity contribution in [1.82, 2.24) is 5.32 Å². The summed E-state index contributed by atoms with van der Waals surface area (Å²) in [4.78, 5) is 4.58. The Morgan fingerprint density at radius 2 is 1.31 bits per heavy atom. The van der Waals surface area contributed by atoms with Crippen LogP contribution in [0.3, 0.4) is 0 Å². The molecule has 3 rings (SSSR count). The zero-order chi connectivity index (χ0) is 20.4. The van der Waals surface area contributed by atoms with Crippen molar-refractivity contribution in [1.29, 1.82) is 5.26 Å². The van der Waals surface area contributed by atoms with E-state index in [0.29, 0.717) is 12.6 Å². The average molecular weight is 490 g/mol. The maximum absolute atomic E-state index is 9.30. The number of hydrogen-bond acceptors (Lipinski definition) is 3. The molecular formula is C24H25N3OSn. The zero-order valence-electron chi connectivity index (χ0n) is 16.6. The molecule has 29 heavy (non-hydrogen) atoms. The van der Waals surface area contributed by atoms with E-state index < -0.39 is 18.8 Å². The van der Waals surface area contributed by atoms with Crippen molar-refractivity contribution >= 4 is 35.6 Å².